The van der Waals surface area contributed by atoms with Crippen LogP contribution in [0.4, 0.5) is 5.69 Å². The third kappa shape index (κ3) is 3.93. The predicted molar refractivity (Wildman–Crippen MR) is 84.6 cm³/mol. The number of para-hydroxylation sites is 1. The topological polar surface area (TPSA) is 107 Å². The minimum absolute atomic E-state index is 0.116. The molecule has 0 bridgehead atoms. The maximum absolute atomic E-state index is 12.3. The molecule has 0 aliphatic rings. The zero-order chi connectivity index (χ0) is 17.0. The average Bonchev–Trinajstić information content (AvgIpc) is 2.95. The van der Waals surface area contributed by atoms with Gasteiger partial charge in [0.15, 0.2) is 4.90 Å². The van der Waals surface area contributed by atoms with Crippen molar-refractivity contribution in [3.05, 3.63) is 52.6 Å². The number of hydrogen-bond acceptors (Lipinski definition) is 5. The van der Waals surface area contributed by atoms with Gasteiger partial charge in [-0.05, 0) is 6.07 Å². The normalized spacial score (nSPS) is 11.8. The Morgan fingerprint density at radius 2 is 2.04 bits per heavy atom. The van der Waals surface area contributed by atoms with E-state index >= 15 is 0 Å². The van der Waals surface area contributed by atoms with E-state index in [1.54, 1.807) is 12.4 Å². The number of nitro benzene ring substituents is 1. The zero-order valence-electron chi connectivity index (χ0n) is 12.8. The van der Waals surface area contributed by atoms with Crippen LogP contribution in [-0.4, -0.2) is 29.4 Å². The van der Waals surface area contributed by atoms with Crippen LogP contribution in [0.15, 0.2) is 41.6 Å². The fraction of sp³-hybridized carbons (Fsp3) is 0.357. The molecule has 2 aromatic rings. The first kappa shape index (κ1) is 17.1. The van der Waals surface area contributed by atoms with Crippen molar-refractivity contribution in [2.75, 3.05) is 6.54 Å². The van der Waals surface area contributed by atoms with E-state index in [9.17, 15) is 18.5 Å². The van der Waals surface area contributed by atoms with Crippen molar-refractivity contribution in [1.29, 1.82) is 0 Å². The number of nitrogens with zero attached hydrogens (tertiary/aromatic N) is 3. The molecule has 0 unspecified atom stereocenters. The molecule has 0 saturated heterocycles. The Morgan fingerprint density at radius 1 is 1.35 bits per heavy atom. The van der Waals surface area contributed by atoms with Crippen molar-refractivity contribution in [2.45, 2.75) is 31.2 Å². The van der Waals surface area contributed by atoms with E-state index in [1.807, 2.05) is 18.4 Å². The molecule has 23 heavy (non-hydrogen) atoms. The van der Waals surface area contributed by atoms with Gasteiger partial charge in [0.05, 0.1) is 4.92 Å². The van der Waals surface area contributed by atoms with E-state index in [0.717, 1.165) is 5.82 Å². The number of rotatable bonds is 7. The van der Waals surface area contributed by atoms with Crippen molar-refractivity contribution in [3.63, 3.8) is 0 Å². The van der Waals surface area contributed by atoms with Crippen LogP contribution in [0.25, 0.3) is 0 Å². The molecule has 0 aliphatic heterocycles. The highest BCUT2D eigenvalue weighted by atomic mass is 32.2. The van der Waals surface area contributed by atoms with Crippen molar-refractivity contribution >= 4 is 15.7 Å². The summed E-state index contributed by atoms with van der Waals surface area (Å²) in [5.74, 6) is 1.08. The van der Waals surface area contributed by atoms with Crippen LogP contribution < -0.4 is 4.72 Å². The van der Waals surface area contributed by atoms with Gasteiger partial charge in [0.2, 0.25) is 10.0 Å². The first-order valence-electron chi connectivity index (χ1n) is 7.07. The molecule has 0 amide bonds. The maximum atomic E-state index is 12.3. The van der Waals surface area contributed by atoms with Crippen LogP contribution in [0.2, 0.25) is 0 Å². The van der Waals surface area contributed by atoms with Crippen molar-refractivity contribution in [1.82, 2.24) is 14.3 Å². The monoisotopic (exact) mass is 338 g/mol. The Hall–Kier alpha value is -2.26. The molecule has 124 valence electrons. The average molecular weight is 338 g/mol. The largest absolute Gasteiger partial charge is 0.333 e. The van der Waals surface area contributed by atoms with Gasteiger partial charge in [0, 0.05) is 37.5 Å². The molecule has 0 aliphatic carbocycles. The number of sulfonamides is 1. The molecule has 1 aromatic carbocycles. The molecule has 0 radical (unpaired) electrons. The number of hydrogen-bond donors (Lipinski definition) is 1. The number of imidazole rings is 1. The third-order valence-electron chi connectivity index (χ3n) is 3.26. The van der Waals surface area contributed by atoms with Gasteiger partial charge in [0.25, 0.3) is 5.69 Å². The van der Waals surface area contributed by atoms with Crippen LogP contribution in [0.1, 0.15) is 25.6 Å². The summed E-state index contributed by atoms with van der Waals surface area (Å²) in [5.41, 5.74) is -0.439. The first-order valence-corrected chi connectivity index (χ1v) is 8.55. The van der Waals surface area contributed by atoms with Gasteiger partial charge in [-0.15, -0.1) is 0 Å². The molecule has 2 rings (SSSR count). The maximum Gasteiger partial charge on any atom is 0.289 e. The summed E-state index contributed by atoms with van der Waals surface area (Å²) in [6.07, 6.45) is 3.43. The highest BCUT2D eigenvalue weighted by Gasteiger charge is 2.24. The molecule has 0 atom stereocenters. The number of aromatic nitrogens is 2. The minimum Gasteiger partial charge on any atom is -0.333 e. The predicted octanol–water partition coefficient (Wildman–Crippen LogP) is 1.89. The lowest BCUT2D eigenvalue weighted by atomic mass is 10.2. The smallest absolute Gasteiger partial charge is 0.289 e. The Bertz CT molecular complexity index is 799. The van der Waals surface area contributed by atoms with E-state index in [0.29, 0.717) is 6.54 Å². The van der Waals surface area contributed by atoms with E-state index in [-0.39, 0.29) is 17.4 Å². The van der Waals surface area contributed by atoms with Gasteiger partial charge in [-0.2, -0.15) is 0 Å². The van der Waals surface area contributed by atoms with E-state index in [4.69, 9.17) is 0 Å². The molecule has 0 saturated carbocycles. The SMILES string of the molecule is CC(C)c1nccn1CCNS(=O)(=O)c1ccccc1[N+](=O)[O-]. The second-order valence-electron chi connectivity index (χ2n) is 5.26. The summed E-state index contributed by atoms with van der Waals surface area (Å²) >= 11 is 0. The van der Waals surface area contributed by atoms with Gasteiger partial charge in [-0.3, -0.25) is 10.1 Å². The Kier molecular flexibility index (Phi) is 5.12. The van der Waals surface area contributed by atoms with E-state index in [1.165, 1.54) is 24.3 Å². The summed E-state index contributed by atoms with van der Waals surface area (Å²) in [4.78, 5) is 14.1. The first-order chi connectivity index (χ1) is 10.8. The van der Waals surface area contributed by atoms with Crippen molar-refractivity contribution in [2.24, 2.45) is 0 Å². The van der Waals surface area contributed by atoms with Gasteiger partial charge >= 0.3 is 0 Å². The van der Waals surface area contributed by atoms with Crippen molar-refractivity contribution in [3.8, 4) is 0 Å². The third-order valence-corrected chi connectivity index (χ3v) is 4.77. The summed E-state index contributed by atoms with van der Waals surface area (Å²) in [6.45, 7) is 4.50. The number of nitrogens with one attached hydrogen (secondary N) is 1. The van der Waals surface area contributed by atoms with Crippen molar-refractivity contribution < 1.29 is 13.3 Å². The van der Waals surface area contributed by atoms with Crippen LogP contribution in [-0.2, 0) is 16.6 Å². The van der Waals surface area contributed by atoms with Crippen LogP contribution in [0.3, 0.4) is 0 Å². The van der Waals surface area contributed by atoms with Crippen LogP contribution in [0, 0.1) is 10.1 Å². The molecular formula is C14H18N4O4S. The highest BCUT2D eigenvalue weighted by Crippen LogP contribution is 2.22. The second kappa shape index (κ2) is 6.88. The lowest BCUT2D eigenvalue weighted by Gasteiger charge is -2.11. The fourth-order valence-corrected chi connectivity index (χ4v) is 3.42. The standard InChI is InChI=1S/C14H18N4O4S/c1-11(2)14-15-7-9-17(14)10-8-16-23(21,22)13-6-4-3-5-12(13)18(19)20/h3-7,9,11,16H,8,10H2,1-2H3. The summed E-state index contributed by atoms with van der Waals surface area (Å²) in [7, 11) is -3.95. The molecule has 0 fully saturated rings. The lowest BCUT2D eigenvalue weighted by molar-refractivity contribution is -0.387. The van der Waals surface area contributed by atoms with E-state index in [2.05, 4.69) is 9.71 Å². The number of benzene rings is 1. The molecule has 1 heterocycles. The Morgan fingerprint density at radius 3 is 2.70 bits per heavy atom. The van der Waals surface area contributed by atoms with Crippen LogP contribution in [0.5, 0.6) is 0 Å². The second-order valence-corrected chi connectivity index (χ2v) is 6.99. The Labute approximate surface area is 134 Å². The molecule has 8 nitrogen and oxygen atoms in total. The van der Waals surface area contributed by atoms with Gasteiger partial charge in [-0.1, -0.05) is 26.0 Å². The lowest BCUT2D eigenvalue weighted by Crippen LogP contribution is -2.28. The zero-order valence-corrected chi connectivity index (χ0v) is 13.7. The molecule has 1 aromatic heterocycles. The van der Waals surface area contributed by atoms with Gasteiger partial charge in [-0.25, -0.2) is 18.1 Å². The number of nitro groups is 1. The molecule has 9 heteroatoms. The summed E-state index contributed by atoms with van der Waals surface area (Å²) in [6, 6.07) is 5.27. The van der Waals surface area contributed by atoms with Crippen LogP contribution >= 0.6 is 0 Å². The Balaban J connectivity index is 2.11. The molecular weight excluding hydrogens is 320 g/mol. The summed E-state index contributed by atoms with van der Waals surface area (Å²) in [5, 5.41) is 10.9. The minimum atomic E-state index is -3.95. The summed E-state index contributed by atoms with van der Waals surface area (Å²) < 4.78 is 28.8. The van der Waals surface area contributed by atoms with E-state index < -0.39 is 20.6 Å². The van der Waals surface area contributed by atoms with Gasteiger partial charge in [0.1, 0.15) is 5.82 Å². The molecule has 1 N–H and O–H groups in total. The van der Waals surface area contributed by atoms with Gasteiger partial charge < -0.3 is 4.57 Å². The fourth-order valence-electron chi connectivity index (χ4n) is 2.22. The highest BCUT2D eigenvalue weighted by molar-refractivity contribution is 7.89. The molecule has 0 spiro atoms. The quantitative estimate of drug-likeness (QED) is 0.613.